The topological polar surface area (TPSA) is 63.8 Å². The highest BCUT2D eigenvalue weighted by atomic mass is 35.5. The monoisotopic (exact) mass is 226 g/mol. The van der Waals surface area contributed by atoms with Crippen molar-refractivity contribution in [2.45, 2.75) is 19.8 Å². The van der Waals surface area contributed by atoms with E-state index < -0.39 is 0 Å². The maximum atomic E-state index is 5.77. The molecule has 0 aliphatic heterocycles. The van der Waals surface area contributed by atoms with Gasteiger partial charge < -0.3 is 11.1 Å². The van der Waals surface area contributed by atoms with Gasteiger partial charge in [0.2, 0.25) is 5.95 Å². The molecule has 1 saturated carbocycles. The van der Waals surface area contributed by atoms with Gasteiger partial charge in [0.15, 0.2) is 0 Å². The molecule has 1 aromatic rings. The maximum absolute atomic E-state index is 5.77. The second kappa shape index (κ2) is 4.23. The lowest BCUT2D eigenvalue weighted by Gasteiger charge is -2.05. The predicted molar refractivity (Wildman–Crippen MR) is 61.8 cm³/mol. The van der Waals surface area contributed by atoms with Gasteiger partial charge in [-0.05, 0) is 18.3 Å². The van der Waals surface area contributed by atoms with Crippen LogP contribution in [0.2, 0.25) is 5.15 Å². The van der Waals surface area contributed by atoms with Crippen molar-refractivity contribution in [1.29, 1.82) is 0 Å². The Kier molecular flexibility index (Phi) is 2.95. The minimum Gasteiger partial charge on any atom is -0.370 e. The normalized spacial score (nSPS) is 23.9. The van der Waals surface area contributed by atoms with Crippen LogP contribution in [0.25, 0.3) is 0 Å². The zero-order valence-corrected chi connectivity index (χ0v) is 9.46. The van der Waals surface area contributed by atoms with E-state index >= 15 is 0 Å². The third kappa shape index (κ3) is 2.72. The second-order valence-electron chi connectivity index (χ2n) is 3.98. The fourth-order valence-electron chi connectivity index (χ4n) is 1.82. The van der Waals surface area contributed by atoms with Gasteiger partial charge >= 0.3 is 0 Å². The van der Waals surface area contributed by atoms with Crippen LogP contribution in [-0.4, -0.2) is 16.5 Å². The number of nitrogens with two attached hydrogens (primary N) is 1. The van der Waals surface area contributed by atoms with E-state index in [4.69, 9.17) is 17.3 Å². The fraction of sp³-hybridized carbons (Fsp3) is 0.600. The Hall–Kier alpha value is -1.03. The Balaban J connectivity index is 1.88. The fourth-order valence-corrected chi connectivity index (χ4v) is 2.01. The molecule has 0 bridgehead atoms. The van der Waals surface area contributed by atoms with Crippen LogP contribution in [-0.2, 0) is 0 Å². The lowest BCUT2D eigenvalue weighted by atomic mass is 10.2. The first-order chi connectivity index (χ1) is 7.19. The number of aromatic nitrogens is 2. The first kappa shape index (κ1) is 10.5. The number of nitrogens with one attached hydrogen (secondary N) is 1. The molecule has 5 heteroatoms. The summed E-state index contributed by atoms with van der Waals surface area (Å²) in [7, 11) is 0. The Morgan fingerprint density at radius 3 is 2.93 bits per heavy atom. The highest BCUT2D eigenvalue weighted by Gasteiger charge is 2.34. The zero-order valence-electron chi connectivity index (χ0n) is 8.70. The highest BCUT2D eigenvalue weighted by Crippen LogP contribution is 2.40. The molecular formula is C10H15ClN4. The van der Waals surface area contributed by atoms with Gasteiger partial charge in [0.1, 0.15) is 11.0 Å². The molecule has 0 radical (unpaired) electrons. The SMILES string of the molecule is CC[C@@H]1C[C@H]1CNc1cc(Cl)nc(N)n1. The number of hydrogen-bond acceptors (Lipinski definition) is 4. The van der Waals surface area contributed by atoms with Crippen LogP contribution in [0.5, 0.6) is 0 Å². The van der Waals surface area contributed by atoms with E-state index in [0.29, 0.717) is 11.0 Å². The maximum Gasteiger partial charge on any atom is 0.223 e. The van der Waals surface area contributed by atoms with E-state index in [9.17, 15) is 0 Å². The first-order valence-corrected chi connectivity index (χ1v) is 5.60. The van der Waals surface area contributed by atoms with Crippen LogP contribution < -0.4 is 11.1 Å². The summed E-state index contributed by atoms with van der Waals surface area (Å²) in [6.45, 7) is 3.18. The Labute approximate surface area is 94.2 Å². The Bertz CT molecular complexity index is 335. The molecule has 0 unspecified atom stereocenters. The molecule has 0 spiro atoms. The summed E-state index contributed by atoms with van der Waals surface area (Å²) >= 11 is 5.77. The van der Waals surface area contributed by atoms with E-state index in [1.165, 1.54) is 12.8 Å². The summed E-state index contributed by atoms with van der Waals surface area (Å²) in [5.74, 6) is 2.60. The molecule has 0 amide bonds. The van der Waals surface area contributed by atoms with Crippen molar-refractivity contribution in [1.82, 2.24) is 9.97 Å². The average molecular weight is 227 g/mol. The van der Waals surface area contributed by atoms with Gasteiger partial charge in [0.05, 0.1) is 0 Å². The molecule has 1 heterocycles. The average Bonchev–Trinajstić information content (AvgIpc) is 2.91. The number of anilines is 2. The van der Waals surface area contributed by atoms with E-state index in [1.54, 1.807) is 6.07 Å². The highest BCUT2D eigenvalue weighted by molar-refractivity contribution is 6.29. The molecule has 3 N–H and O–H groups in total. The van der Waals surface area contributed by atoms with E-state index in [-0.39, 0.29) is 5.95 Å². The van der Waals surface area contributed by atoms with Crippen LogP contribution in [0.3, 0.4) is 0 Å². The summed E-state index contributed by atoms with van der Waals surface area (Å²) in [5, 5.41) is 3.62. The third-order valence-electron chi connectivity index (χ3n) is 2.85. The second-order valence-corrected chi connectivity index (χ2v) is 4.37. The summed E-state index contributed by atoms with van der Waals surface area (Å²) in [6, 6.07) is 1.70. The van der Waals surface area contributed by atoms with Crippen molar-refractivity contribution in [2.75, 3.05) is 17.6 Å². The van der Waals surface area contributed by atoms with Gasteiger partial charge in [0.25, 0.3) is 0 Å². The van der Waals surface area contributed by atoms with Crippen LogP contribution >= 0.6 is 11.6 Å². The number of halogens is 1. The van der Waals surface area contributed by atoms with Gasteiger partial charge in [-0.1, -0.05) is 24.9 Å². The summed E-state index contributed by atoms with van der Waals surface area (Å²) < 4.78 is 0. The van der Waals surface area contributed by atoms with Gasteiger partial charge in [-0.25, -0.2) is 4.98 Å². The molecule has 2 rings (SSSR count). The molecule has 0 saturated heterocycles. The van der Waals surface area contributed by atoms with Crippen molar-refractivity contribution in [3.05, 3.63) is 11.2 Å². The molecule has 1 fully saturated rings. The first-order valence-electron chi connectivity index (χ1n) is 5.23. The predicted octanol–water partition coefficient (Wildman–Crippen LogP) is 2.17. The van der Waals surface area contributed by atoms with Crippen molar-refractivity contribution in [2.24, 2.45) is 11.8 Å². The standard InChI is InChI=1S/C10H15ClN4/c1-2-6-3-7(6)5-13-9-4-8(11)14-10(12)15-9/h4,6-7H,2-3,5H2,1H3,(H3,12,13,14,15)/t6-,7+/m1/s1. The lowest BCUT2D eigenvalue weighted by Crippen LogP contribution is -2.08. The van der Waals surface area contributed by atoms with Crippen LogP contribution in [0.1, 0.15) is 19.8 Å². The van der Waals surface area contributed by atoms with E-state index in [2.05, 4.69) is 22.2 Å². The van der Waals surface area contributed by atoms with Crippen LogP contribution in [0.4, 0.5) is 11.8 Å². The molecule has 15 heavy (non-hydrogen) atoms. The molecule has 1 aromatic heterocycles. The molecule has 1 aliphatic carbocycles. The largest absolute Gasteiger partial charge is 0.370 e. The van der Waals surface area contributed by atoms with Crippen molar-refractivity contribution in [3.8, 4) is 0 Å². The van der Waals surface area contributed by atoms with E-state index in [0.717, 1.165) is 18.4 Å². The van der Waals surface area contributed by atoms with Crippen molar-refractivity contribution >= 4 is 23.4 Å². The number of hydrogen-bond donors (Lipinski definition) is 2. The van der Waals surface area contributed by atoms with E-state index in [1.807, 2.05) is 0 Å². The van der Waals surface area contributed by atoms with Gasteiger partial charge in [-0.3, -0.25) is 0 Å². The van der Waals surface area contributed by atoms with Gasteiger partial charge in [-0.15, -0.1) is 0 Å². The minimum absolute atomic E-state index is 0.216. The zero-order chi connectivity index (χ0) is 10.8. The number of nitrogen functional groups attached to an aromatic ring is 1. The number of rotatable bonds is 4. The smallest absolute Gasteiger partial charge is 0.223 e. The summed E-state index contributed by atoms with van der Waals surface area (Å²) in [6.07, 6.45) is 2.58. The molecule has 82 valence electrons. The van der Waals surface area contributed by atoms with Gasteiger partial charge in [0, 0.05) is 12.6 Å². The Morgan fingerprint density at radius 1 is 1.53 bits per heavy atom. The molecule has 4 nitrogen and oxygen atoms in total. The van der Waals surface area contributed by atoms with Crippen molar-refractivity contribution < 1.29 is 0 Å². The molecule has 2 atom stereocenters. The minimum atomic E-state index is 0.216. The van der Waals surface area contributed by atoms with Crippen molar-refractivity contribution in [3.63, 3.8) is 0 Å². The molecular weight excluding hydrogens is 212 g/mol. The summed E-state index contributed by atoms with van der Waals surface area (Å²) in [4.78, 5) is 7.86. The summed E-state index contributed by atoms with van der Waals surface area (Å²) in [5.41, 5.74) is 5.49. The number of nitrogens with zero attached hydrogens (tertiary/aromatic N) is 2. The Morgan fingerprint density at radius 2 is 2.33 bits per heavy atom. The molecule has 1 aliphatic rings. The van der Waals surface area contributed by atoms with Crippen LogP contribution in [0, 0.1) is 11.8 Å². The van der Waals surface area contributed by atoms with Gasteiger partial charge in [-0.2, -0.15) is 4.98 Å². The molecule has 0 aromatic carbocycles. The van der Waals surface area contributed by atoms with Crippen LogP contribution in [0.15, 0.2) is 6.07 Å². The third-order valence-corrected chi connectivity index (χ3v) is 3.04. The lowest BCUT2D eigenvalue weighted by molar-refractivity contribution is 0.700. The quantitative estimate of drug-likeness (QED) is 0.773.